The van der Waals surface area contributed by atoms with Crippen molar-refractivity contribution in [3.05, 3.63) is 46.2 Å². The Kier molecular flexibility index (Phi) is 7.23. The number of hydrogen-bond acceptors (Lipinski definition) is 6. The SMILES string of the molecule is Cc1cc(C)n(CC(=O)NNC(=O)c2ccc(Cl)c(S(=O)(=O)N3CC(C)OC(C)C3)c2)n1. The van der Waals surface area contributed by atoms with E-state index in [9.17, 15) is 18.0 Å². The van der Waals surface area contributed by atoms with Gasteiger partial charge in [0.05, 0.1) is 22.9 Å². The van der Waals surface area contributed by atoms with E-state index >= 15 is 0 Å². The third-order valence-electron chi connectivity index (χ3n) is 4.91. The lowest BCUT2D eigenvalue weighted by atomic mass is 10.2. The maximum atomic E-state index is 13.2. The van der Waals surface area contributed by atoms with Crippen LogP contribution in [0.2, 0.25) is 5.02 Å². The number of halogens is 1. The number of benzene rings is 1. The quantitative estimate of drug-likeness (QED) is 0.620. The van der Waals surface area contributed by atoms with Crippen molar-refractivity contribution in [3.8, 4) is 0 Å². The van der Waals surface area contributed by atoms with E-state index in [0.29, 0.717) is 0 Å². The van der Waals surface area contributed by atoms with Gasteiger partial charge in [-0.2, -0.15) is 9.40 Å². The number of hydrazine groups is 1. The van der Waals surface area contributed by atoms with Crippen molar-refractivity contribution in [2.24, 2.45) is 0 Å². The third kappa shape index (κ3) is 5.47. The molecule has 0 radical (unpaired) electrons. The summed E-state index contributed by atoms with van der Waals surface area (Å²) in [6.45, 7) is 7.50. The van der Waals surface area contributed by atoms with Crippen LogP contribution in [-0.2, 0) is 26.1 Å². The minimum absolute atomic E-state index is 0.00177. The molecule has 2 unspecified atom stereocenters. The molecule has 2 amide bonds. The van der Waals surface area contributed by atoms with Gasteiger partial charge in [0, 0.05) is 24.3 Å². The third-order valence-corrected chi connectivity index (χ3v) is 7.22. The molecule has 1 fully saturated rings. The molecule has 3 rings (SSSR count). The van der Waals surface area contributed by atoms with Gasteiger partial charge in [-0.1, -0.05) is 11.6 Å². The molecular weight excluding hydrogens is 458 g/mol. The molecule has 0 saturated carbocycles. The normalized spacial score (nSPS) is 19.5. The Balaban J connectivity index is 1.71. The van der Waals surface area contributed by atoms with Gasteiger partial charge >= 0.3 is 0 Å². The number of morpholine rings is 1. The number of rotatable bonds is 5. The molecule has 1 aromatic heterocycles. The molecule has 32 heavy (non-hydrogen) atoms. The van der Waals surface area contributed by atoms with E-state index < -0.39 is 21.8 Å². The maximum absolute atomic E-state index is 13.2. The van der Waals surface area contributed by atoms with Gasteiger partial charge < -0.3 is 4.74 Å². The number of aryl methyl sites for hydroxylation is 2. The highest BCUT2D eigenvalue weighted by Crippen LogP contribution is 2.28. The van der Waals surface area contributed by atoms with Crippen LogP contribution >= 0.6 is 11.6 Å². The molecule has 1 aliphatic heterocycles. The number of nitrogens with one attached hydrogen (secondary N) is 2. The van der Waals surface area contributed by atoms with Gasteiger partial charge in [-0.15, -0.1) is 0 Å². The molecule has 2 N–H and O–H groups in total. The summed E-state index contributed by atoms with van der Waals surface area (Å²) in [6.07, 6.45) is -0.535. The Bertz CT molecular complexity index is 1120. The van der Waals surface area contributed by atoms with Crippen molar-refractivity contribution in [1.29, 1.82) is 0 Å². The number of hydrogen-bond donors (Lipinski definition) is 2. The Hall–Kier alpha value is -2.47. The van der Waals surface area contributed by atoms with Crippen molar-refractivity contribution in [3.63, 3.8) is 0 Å². The summed E-state index contributed by atoms with van der Waals surface area (Å²) < 4.78 is 34.7. The lowest BCUT2D eigenvalue weighted by Gasteiger charge is -2.34. The minimum Gasteiger partial charge on any atom is -0.373 e. The number of aromatic nitrogens is 2. The molecule has 1 aliphatic rings. The monoisotopic (exact) mass is 483 g/mol. The van der Waals surface area contributed by atoms with Crippen LogP contribution in [0.3, 0.4) is 0 Å². The van der Waals surface area contributed by atoms with Crippen LogP contribution in [0.25, 0.3) is 0 Å². The average molecular weight is 484 g/mol. The first-order valence-electron chi connectivity index (χ1n) is 10.0. The number of carbonyl (C=O) groups is 2. The van der Waals surface area contributed by atoms with Gasteiger partial charge in [0.2, 0.25) is 10.0 Å². The van der Waals surface area contributed by atoms with Crippen molar-refractivity contribution in [1.82, 2.24) is 24.9 Å². The van der Waals surface area contributed by atoms with E-state index in [1.807, 2.05) is 19.9 Å². The summed E-state index contributed by atoms with van der Waals surface area (Å²) in [5.41, 5.74) is 6.21. The second-order valence-electron chi connectivity index (χ2n) is 7.81. The van der Waals surface area contributed by atoms with Gasteiger partial charge in [0.1, 0.15) is 11.4 Å². The molecule has 1 aromatic carbocycles. The standard InChI is InChI=1S/C20H26ClN5O5S/c1-12-7-13(2)26(24-12)11-19(27)22-23-20(28)16-5-6-17(21)18(8-16)32(29,30)25-9-14(3)31-15(4)10-25/h5-8,14-15H,9-11H2,1-4H3,(H,22,27)(H,23,28). The van der Waals surface area contributed by atoms with E-state index in [-0.39, 0.29) is 47.3 Å². The molecule has 2 aromatic rings. The van der Waals surface area contributed by atoms with E-state index in [0.717, 1.165) is 11.4 Å². The maximum Gasteiger partial charge on any atom is 0.269 e. The number of nitrogens with zero attached hydrogens (tertiary/aromatic N) is 3. The molecule has 10 nitrogen and oxygen atoms in total. The Morgan fingerprint density at radius 1 is 1.16 bits per heavy atom. The first-order chi connectivity index (χ1) is 15.0. The van der Waals surface area contributed by atoms with Crippen LogP contribution in [-0.4, -0.2) is 59.6 Å². The topological polar surface area (TPSA) is 123 Å². The van der Waals surface area contributed by atoms with E-state index in [1.165, 1.54) is 27.2 Å². The molecular formula is C20H26ClN5O5S. The lowest BCUT2D eigenvalue weighted by molar-refractivity contribution is -0.122. The smallest absolute Gasteiger partial charge is 0.269 e. The zero-order valence-corrected chi connectivity index (χ0v) is 19.8. The summed E-state index contributed by atoms with van der Waals surface area (Å²) in [7, 11) is -3.95. The number of ether oxygens (including phenoxy) is 1. The zero-order valence-electron chi connectivity index (χ0n) is 18.3. The van der Waals surface area contributed by atoms with Gasteiger partial charge in [0.15, 0.2) is 0 Å². The molecule has 0 spiro atoms. The molecule has 12 heteroatoms. The van der Waals surface area contributed by atoms with Gasteiger partial charge in [-0.3, -0.25) is 25.1 Å². The summed E-state index contributed by atoms with van der Waals surface area (Å²) in [5, 5.41) is 4.19. The summed E-state index contributed by atoms with van der Waals surface area (Å²) in [6, 6.07) is 5.76. The predicted molar refractivity (Wildman–Crippen MR) is 118 cm³/mol. The first kappa shape index (κ1) is 24.2. The Morgan fingerprint density at radius 2 is 1.81 bits per heavy atom. The average Bonchev–Trinajstić information content (AvgIpc) is 3.02. The summed E-state index contributed by atoms with van der Waals surface area (Å²) >= 11 is 6.16. The van der Waals surface area contributed by atoms with Gasteiger partial charge in [0.25, 0.3) is 11.8 Å². The molecule has 2 atom stereocenters. The van der Waals surface area contributed by atoms with Crippen molar-refractivity contribution in [2.45, 2.75) is 51.3 Å². The molecule has 0 bridgehead atoms. The van der Waals surface area contributed by atoms with Crippen LogP contribution in [0, 0.1) is 13.8 Å². The fraction of sp³-hybridized carbons (Fsp3) is 0.450. The summed E-state index contributed by atoms with van der Waals surface area (Å²) in [4.78, 5) is 24.5. The van der Waals surface area contributed by atoms with Crippen LogP contribution in [0.1, 0.15) is 35.6 Å². The van der Waals surface area contributed by atoms with Crippen LogP contribution in [0.15, 0.2) is 29.2 Å². The molecule has 0 aliphatic carbocycles. The van der Waals surface area contributed by atoms with Crippen LogP contribution < -0.4 is 10.9 Å². The van der Waals surface area contributed by atoms with Crippen molar-refractivity contribution >= 4 is 33.4 Å². The second kappa shape index (κ2) is 9.57. The summed E-state index contributed by atoms with van der Waals surface area (Å²) in [5.74, 6) is -1.16. The van der Waals surface area contributed by atoms with Gasteiger partial charge in [-0.25, -0.2) is 8.42 Å². The molecule has 2 heterocycles. The molecule has 1 saturated heterocycles. The Morgan fingerprint density at radius 3 is 2.41 bits per heavy atom. The number of sulfonamides is 1. The number of amides is 2. The highest BCUT2D eigenvalue weighted by Gasteiger charge is 2.33. The minimum atomic E-state index is -3.95. The lowest BCUT2D eigenvalue weighted by Crippen LogP contribution is -2.48. The zero-order chi connectivity index (χ0) is 23.6. The van der Waals surface area contributed by atoms with Crippen molar-refractivity contribution in [2.75, 3.05) is 13.1 Å². The van der Waals surface area contributed by atoms with Crippen LogP contribution in [0.5, 0.6) is 0 Å². The number of carbonyl (C=O) groups excluding carboxylic acids is 2. The van der Waals surface area contributed by atoms with E-state index in [1.54, 1.807) is 13.8 Å². The fourth-order valence-corrected chi connectivity index (χ4v) is 5.61. The van der Waals surface area contributed by atoms with E-state index in [4.69, 9.17) is 16.3 Å². The highest BCUT2D eigenvalue weighted by molar-refractivity contribution is 7.89. The molecule has 174 valence electrons. The first-order valence-corrected chi connectivity index (χ1v) is 11.8. The largest absolute Gasteiger partial charge is 0.373 e. The Labute approximate surface area is 191 Å². The highest BCUT2D eigenvalue weighted by atomic mass is 35.5. The second-order valence-corrected chi connectivity index (χ2v) is 10.1. The fourth-order valence-electron chi connectivity index (χ4n) is 3.52. The van der Waals surface area contributed by atoms with E-state index in [2.05, 4.69) is 16.0 Å². The van der Waals surface area contributed by atoms with Gasteiger partial charge in [-0.05, 0) is 52.0 Å². The predicted octanol–water partition coefficient (Wildman–Crippen LogP) is 1.41. The van der Waals surface area contributed by atoms with Crippen LogP contribution in [0.4, 0.5) is 0 Å². The van der Waals surface area contributed by atoms with Crippen molar-refractivity contribution < 1.29 is 22.7 Å².